The SMILES string of the molecule is CNc1c(/N=N/c2ccc(S(=O)(=O)CCOS(=O)(=O)O)cc2)cc(/N=N/c2cc(S(=O)(=O)O)ccc2S(=O)(=O)O)c(N)c1/N=N/c1ccc(S(=O)(=O)CCOS(=O)(=O)O)cc1. The van der Waals surface area contributed by atoms with Gasteiger partial charge in [-0.3, -0.25) is 18.2 Å². The van der Waals surface area contributed by atoms with E-state index < -0.39 is 101 Å². The highest BCUT2D eigenvalue weighted by Crippen LogP contribution is 2.47. The van der Waals surface area contributed by atoms with Crippen molar-refractivity contribution in [1.29, 1.82) is 0 Å². The van der Waals surface area contributed by atoms with Crippen LogP contribution in [0, 0.1) is 0 Å². The Labute approximate surface area is 347 Å². The fourth-order valence-corrected chi connectivity index (χ4v) is 8.71. The summed E-state index contributed by atoms with van der Waals surface area (Å²) in [6.45, 7) is -1.75. The van der Waals surface area contributed by atoms with Gasteiger partial charge in [0.15, 0.2) is 19.7 Å². The second-order valence-corrected chi connectivity index (χ2v) is 20.8. The molecule has 0 aliphatic heterocycles. The molecule has 32 heteroatoms. The van der Waals surface area contributed by atoms with Crippen LogP contribution in [-0.2, 0) is 69.1 Å². The number of nitrogens with zero attached hydrogens (tertiary/aromatic N) is 6. The third kappa shape index (κ3) is 13.9. The van der Waals surface area contributed by atoms with Crippen LogP contribution in [-0.4, -0.2) is 100 Å². The lowest BCUT2D eigenvalue weighted by atomic mass is 10.1. The molecule has 0 bridgehead atoms. The molecule has 0 heterocycles. The van der Waals surface area contributed by atoms with Crippen molar-refractivity contribution >= 4 is 106 Å². The van der Waals surface area contributed by atoms with E-state index in [0.29, 0.717) is 18.2 Å². The van der Waals surface area contributed by atoms with Gasteiger partial charge in [0.25, 0.3) is 20.2 Å². The maximum absolute atomic E-state index is 12.6. The van der Waals surface area contributed by atoms with Crippen molar-refractivity contribution in [2.24, 2.45) is 30.7 Å². The molecular formula is C29H30N8O18S6. The molecule has 0 saturated heterocycles. The van der Waals surface area contributed by atoms with Gasteiger partial charge in [-0.1, -0.05) is 0 Å². The van der Waals surface area contributed by atoms with Crippen molar-refractivity contribution in [2.75, 3.05) is 42.8 Å². The number of rotatable bonds is 19. The van der Waals surface area contributed by atoms with E-state index in [1.807, 2.05) is 0 Å². The molecule has 0 amide bonds. The van der Waals surface area contributed by atoms with Crippen LogP contribution >= 0.6 is 0 Å². The van der Waals surface area contributed by atoms with Crippen LogP contribution in [0.3, 0.4) is 0 Å². The number of hydrogen-bond donors (Lipinski definition) is 6. The van der Waals surface area contributed by atoms with Gasteiger partial charge in [0.05, 0.1) is 62.2 Å². The number of nitrogen functional groups attached to an aromatic ring is 1. The fraction of sp³-hybridized carbons (Fsp3) is 0.172. The minimum Gasteiger partial charge on any atom is -0.395 e. The van der Waals surface area contributed by atoms with Crippen LogP contribution in [0.25, 0.3) is 0 Å². The van der Waals surface area contributed by atoms with E-state index in [1.165, 1.54) is 31.3 Å². The topological polar surface area (TPSA) is 416 Å². The molecule has 0 radical (unpaired) electrons. The molecule has 0 fully saturated rings. The van der Waals surface area contributed by atoms with Crippen LogP contribution in [0.5, 0.6) is 0 Å². The number of benzene rings is 4. The molecule has 4 rings (SSSR count). The second kappa shape index (κ2) is 18.8. The monoisotopic (exact) mass is 970 g/mol. The molecule has 330 valence electrons. The number of azo groups is 3. The molecule has 0 unspecified atom stereocenters. The zero-order valence-corrected chi connectivity index (χ0v) is 35.4. The van der Waals surface area contributed by atoms with Gasteiger partial charge < -0.3 is 11.1 Å². The van der Waals surface area contributed by atoms with E-state index in [1.54, 1.807) is 0 Å². The van der Waals surface area contributed by atoms with Crippen molar-refractivity contribution in [3.05, 3.63) is 72.8 Å². The summed E-state index contributed by atoms with van der Waals surface area (Å²) >= 11 is 0. The lowest BCUT2D eigenvalue weighted by Crippen LogP contribution is -2.15. The molecule has 7 N–H and O–H groups in total. The molecule has 4 aromatic carbocycles. The maximum Gasteiger partial charge on any atom is 0.397 e. The van der Waals surface area contributed by atoms with Crippen LogP contribution < -0.4 is 11.1 Å². The largest absolute Gasteiger partial charge is 0.397 e. The normalized spacial score (nSPS) is 13.4. The highest BCUT2D eigenvalue weighted by atomic mass is 32.3. The third-order valence-electron chi connectivity index (χ3n) is 7.42. The zero-order valence-electron chi connectivity index (χ0n) is 30.5. The zero-order chi connectivity index (χ0) is 45.6. The highest BCUT2D eigenvalue weighted by molar-refractivity contribution is 7.91. The molecule has 0 saturated carbocycles. The lowest BCUT2D eigenvalue weighted by Gasteiger charge is -2.12. The number of nitrogens with one attached hydrogen (secondary N) is 1. The smallest absolute Gasteiger partial charge is 0.395 e. The maximum atomic E-state index is 12.6. The van der Waals surface area contributed by atoms with E-state index in [0.717, 1.165) is 30.3 Å². The van der Waals surface area contributed by atoms with E-state index in [9.17, 15) is 59.6 Å². The predicted octanol–water partition coefficient (Wildman–Crippen LogP) is 4.24. The Bertz CT molecular complexity index is 3090. The second-order valence-electron chi connectivity index (χ2n) is 11.6. The summed E-state index contributed by atoms with van der Waals surface area (Å²) < 4.78 is 186. The van der Waals surface area contributed by atoms with Gasteiger partial charge in [0.2, 0.25) is 0 Å². The first-order chi connectivity index (χ1) is 28.1. The number of sulfone groups is 2. The summed E-state index contributed by atoms with van der Waals surface area (Å²) in [5.41, 5.74) is 4.55. The van der Waals surface area contributed by atoms with Gasteiger partial charge in [-0.05, 0) is 72.8 Å². The average molecular weight is 971 g/mol. The lowest BCUT2D eigenvalue weighted by molar-refractivity contribution is 0.282. The van der Waals surface area contributed by atoms with Crippen molar-refractivity contribution < 1.29 is 77.1 Å². The van der Waals surface area contributed by atoms with Crippen molar-refractivity contribution in [3.63, 3.8) is 0 Å². The Balaban J connectivity index is 1.80. The van der Waals surface area contributed by atoms with Crippen LogP contribution in [0.4, 0.5) is 45.5 Å². The van der Waals surface area contributed by atoms with Crippen molar-refractivity contribution in [3.8, 4) is 0 Å². The molecule has 0 spiro atoms. The fourth-order valence-electron chi connectivity index (χ4n) is 4.62. The Morgan fingerprint density at radius 3 is 1.38 bits per heavy atom. The molecule has 0 aliphatic rings. The van der Waals surface area contributed by atoms with E-state index >= 15 is 0 Å². The Morgan fingerprint density at radius 2 is 0.951 bits per heavy atom. The predicted molar refractivity (Wildman–Crippen MR) is 211 cm³/mol. The first-order valence-corrected chi connectivity index (χ1v) is 24.9. The van der Waals surface area contributed by atoms with E-state index in [2.05, 4.69) is 44.4 Å². The molecule has 4 aromatic rings. The van der Waals surface area contributed by atoms with Crippen molar-refractivity contribution in [1.82, 2.24) is 0 Å². The van der Waals surface area contributed by atoms with Crippen LogP contribution in [0.1, 0.15) is 0 Å². The third-order valence-corrected chi connectivity index (χ3v) is 13.5. The average Bonchev–Trinajstić information content (AvgIpc) is 3.14. The van der Waals surface area contributed by atoms with Crippen LogP contribution in [0.2, 0.25) is 0 Å². The standard InChI is InChI=1S/C29H30N8O18S6/c1-31-28-25(36-32-18-2-6-20(7-3-18)56(38,39)14-12-54-60(48,49)50)17-24(35-34-23-16-22(58(42,43)44)10-11-26(23)59(45,46)47)27(30)29(28)37-33-19-4-8-21(9-5-19)57(40,41)15-13-55-61(51,52)53/h2-11,16-17,31H,12-15,30H2,1H3,(H,42,43,44)(H,45,46,47)(H,48,49,50)(H,51,52,53)/b35-34+,36-32+,37-33+. The number of nitrogens with two attached hydrogens (primary N) is 1. The molecule has 26 nitrogen and oxygen atoms in total. The Kier molecular flexibility index (Phi) is 14.9. The highest BCUT2D eigenvalue weighted by Gasteiger charge is 2.22. The molecule has 0 aliphatic carbocycles. The van der Waals surface area contributed by atoms with Gasteiger partial charge in [-0.25, -0.2) is 25.2 Å². The van der Waals surface area contributed by atoms with E-state index in [4.69, 9.17) is 14.8 Å². The van der Waals surface area contributed by atoms with E-state index in [-0.39, 0.29) is 49.6 Å². The Hall–Kier alpha value is -5.26. The molecular weight excluding hydrogens is 941 g/mol. The summed E-state index contributed by atoms with van der Waals surface area (Å²) in [5, 5.41) is 26.7. The van der Waals surface area contributed by atoms with Gasteiger partial charge in [-0.15, -0.1) is 20.5 Å². The minimum atomic E-state index is -5.06. The summed E-state index contributed by atoms with van der Waals surface area (Å²) in [4.78, 5) is -2.32. The summed E-state index contributed by atoms with van der Waals surface area (Å²) in [7, 11) is -26.6. The quantitative estimate of drug-likeness (QED) is 0.0435. The van der Waals surface area contributed by atoms with Gasteiger partial charge >= 0.3 is 20.8 Å². The number of anilines is 2. The number of hydrogen-bond acceptors (Lipinski definition) is 22. The molecule has 61 heavy (non-hydrogen) atoms. The van der Waals surface area contributed by atoms with Gasteiger partial charge in [-0.2, -0.15) is 43.9 Å². The minimum absolute atomic E-state index is 0.00740. The summed E-state index contributed by atoms with van der Waals surface area (Å²) in [6.07, 6.45) is 0. The van der Waals surface area contributed by atoms with Crippen molar-refractivity contribution in [2.45, 2.75) is 19.6 Å². The van der Waals surface area contributed by atoms with Crippen LogP contribution in [0.15, 0.2) is 123 Å². The first kappa shape index (κ1) is 48.4. The van der Waals surface area contributed by atoms with Gasteiger partial charge in [0.1, 0.15) is 27.6 Å². The Morgan fingerprint density at radius 1 is 0.525 bits per heavy atom. The summed E-state index contributed by atoms with van der Waals surface area (Å²) in [5.74, 6) is -1.64. The molecule has 0 aromatic heterocycles. The summed E-state index contributed by atoms with van der Waals surface area (Å²) in [6, 6.07) is 12.2. The molecule has 0 atom stereocenters. The van der Waals surface area contributed by atoms with Gasteiger partial charge in [0, 0.05) is 7.05 Å². The first-order valence-electron chi connectivity index (χ1n) is 16.0.